The van der Waals surface area contributed by atoms with Crippen LogP contribution in [0.15, 0.2) is 76.5 Å². The van der Waals surface area contributed by atoms with Crippen LogP contribution in [0.5, 0.6) is 0 Å². The van der Waals surface area contributed by atoms with E-state index in [1.54, 1.807) is 30.6 Å². The lowest BCUT2D eigenvalue weighted by atomic mass is 10.1. The molecule has 0 saturated carbocycles. The van der Waals surface area contributed by atoms with Crippen LogP contribution in [0.4, 0.5) is 11.4 Å². The molecule has 0 aliphatic rings. The Morgan fingerprint density at radius 3 is 2.70 bits per heavy atom. The second-order valence-corrected chi connectivity index (χ2v) is 9.79. The number of hydrogen-bond acceptors (Lipinski definition) is 5. The minimum absolute atomic E-state index is 0.132. The molecule has 0 amide bonds. The summed E-state index contributed by atoms with van der Waals surface area (Å²) in [6, 6.07) is 14.3. The minimum atomic E-state index is -3.80. The standard InChI is InChI=1S/C21H18BrClN4O2S/c1-24-11-14-13-27(30(28,29)17-3-2-8-25-12-17)21-10-16(5-6-18(14)21)26-20-7-4-15(22)9-19(20)23/h2-10,12-13,24,26H,11H2,1H3. The Morgan fingerprint density at radius 2 is 2.00 bits per heavy atom. The highest BCUT2D eigenvalue weighted by Gasteiger charge is 2.21. The maximum Gasteiger partial charge on any atom is 0.269 e. The Hall–Kier alpha value is -2.39. The molecule has 0 radical (unpaired) electrons. The van der Waals surface area contributed by atoms with Crippen molar-refractivity contribution < 1.29 is 8.42 Å². The smallest absolute Gasteiger partial charge is 0.269 e. The molecule has 0 fully saturated rings. The third kappa shape index (κ3) is 3.96. The van der Waals surface area contributed by atoms with Crippen LogP contribution in [-0.4, -0.2) is 24.4 Å². The molecule has 6 nitrogen and oxygen atoms in total. The molecule has 30 heavy (non-hydrogen) atoms. The minimum Gasteiger partial charge on any atom is -0.354 e. The number of halogens is 2. The summed E-state index contributed by atoms with van der Waals surface area (Å²) < 4.78 is 28.7. The van der Waals surface area contributed by atoms with Gasteiger partial charge in [-0.1, -0.05) is 33.6 Å². The second-order valence-electron chi connectivity index (χ2n) is 6.66. The molecular formula is C21H18BrClN4O2S. The Kier molecular flexibility index (Phi) is 5.84. The van der Waals surface area contributed by atoms with Crippen molar-refractivity contribution in [3.63, 3.8) is 0 Å². The second kappa shape index (κ2) is 8.39. The lowest BCUT2D eigenvalue weighted by molar-refractivity contribution is 0.588. The summed E-state index contributed by atoms with van der Waals surface area (Å²) in [7, 11) is -1.98. The largest absolute Gasteiger partial charge is 0.354 e. The summed E-state index contributed by atoms with van der Waals surface area (Å²) >= 11 is 9.71. The van der Waals surface area contributed by atoms with Crippen molar-refractivity contribution in [3.8, 4) is 0 Å². The summed E-state index contributed by atoms with van der Waals surface area (Å²) in [6.07, 6.45) is 4.55. The van der Waals surface area contributed by atoms with Crippen LogP contribution in [0, 0.1) is 0 Å². The normalized spacial score (nSPS) is 11.7. The van der Waals surface area contributed by atoms with Crippen LogP contribution in [0.1, 0.15) is 5.56 Å². The molecule has 9 heteroatoms. The zero-order valence-corrected chi connectivity index (χ0v) is 19.1. The fourth-order valence-electron chi connectivity index (χ4n) is 3.23. The number of nitrogens with zero attached hydrogens (tertiary/aromatic N) is 2. The van der Waals surface area contributed by atoms with Crippen LogP contribution in [0.3, 0.4) is 0 Å². The van der Waals surface area contributed by atoms with E-state index in [0.717, 1.165) is 26.8 Å². The van der Waals surface area contributed by atoms with Gasteiger partial charge in [0.2, 0.25) is 0 Å². The lowest BCUT2D eigenvalue weighted by Crippen LogP contribution is -2.12. The number of nitrogens with one attached hydrogen (secondary N) is 2. The quantitative estimate of drug-likeness (QED) is 0.379. The number of pyridine rings is 1. The van der Waals surface area contributed by atoms with Crippen LogP contribution in [0.2, 0.25) is 5.02 Å². The number of anilines is 2. The van der Waals surface area contributed by atoms with Gasteiger partial charge in [-0.2, -0.15) is 0 Å². The van der Waals surface area contributed by atoms with Crippen molar-refractivity contribution in [2.45, 2.75) is 11.4 Å². The highest BCUT2D eigenvalue weighted by atomic mass is 79.9. The van der Waals surface area contributed by atoms with E-state index in [0.29, 0.717) is 17.1 Å². The first kappa shape index (κ1) is 20.9. The Labute approximate surface area is 188 Å². The first-order chi connectivity index (χ1) is 14.4. The molecule has 0 saturated heterocycles. The lowest BCUT2D eigenvalue weighted by Gasteiger charge is -2.11. The summed E-state index contributed by atoms with van der Waals surface area (Å²) in [5.74, 6) is 0. The Morgan fingerprint density at radius 1 is 1.17 bits per heavy atom. The van der Waals surface area contributed by atoms with Gasteiger partial charge in [-0.15, -0.1) is 0 Å². The van der Waals surface area contributed by atoms with Crippen LogP contribution >= 0.6 is 27.5 Å². The van der Waals surface area contributed by atoms with Gasteiger partial charge in [-0.25, -0.2) is 12.4 Å². The van der Waals surface area contributed by atoms with E-state index < -0.39 is 10.0 Å². The van der Waals surface area contributed by atoms with Crippen LogP contribution in [0.25, 0.3) is 10.9 Å². The monoisotopic (exact) mass is 504 g/mol. The van der Waals surface area contributed by atoms with E-state index in [1.165, 1.54) is 16.2 Å². The molecule has 0 bridgehead atoms. The molecular weight excluding hydrogens is 488 g/mol. The molecule has 0 aliphatic heterocycles. The summed E-state index contributed by atoms with van der Waals surface area (Å²) in [6.45, 7) is 0.539. The van der Waals surface area contributed by atoms with Crippen molar-refractivity contribution >= 4 is 59.8 Å². The first-order valence-electron chi connectivity index (χ1n) is 9.06. The van der Waals surface area contributed by atoms with Gasteiger partial charge in [0.25, 0.3) is 10.0 Å². The van der Waals surface area contributed by atoms with Crippen LogP contribution in [-0.2, 0) is 16.6 Å². The number of hydrogen-bond donors (Lipinski definition) is 2. The van der Waals surface area contributed by atoms with E-state index in [2.05, 4.69) is 31.5 Å². The zero-order chi connectivity index (χ0) is 21.3. The average molecular weight is 506 g/mol. The van der Waals surface area contributed by atoms with Gasteiger partial charge < -0.3 is 10.6 Å². The van der Waals surface area contributed by atoms with Crippen molar-refractivity contribution in [2.75, 3.05) is 12.4 Å². The molecule has 2 N–H and O–H groups in total. The fourth-order valence-corrected chi connectivity index (χ4v) is 5.30. The molecule has 2 heterocycles. The molecule has 0 unspecified atom stereocenters. The highest BCUT2D eigenvalue weighted by molar-refractivity contribution is 9.10. The highest BCUT2D eigenvalue weighted by Crippen LogP contribution is 2.32. The predicted molar refractivity (Wildman–Crippen MR) is 124 cm³/mol. The van der Waals surface area contributed by atoms with Gasteiger partial charge in [0.15, 0.2) is 0 Å². The van der Waals surface area contributed by atoms with Gasteiger partial charge in [0, 0.05) is 40.7 Å². The average Bonchev–Trinajstić information content (AvgIpc) is 3.10. The van der Waals surface area contributed by atoms with Gasteiger partial charge >= 0.3 is 0 Å². The van der Waals surface area contributed by atoms with Crippen molar-refractivity contribution in [3.05, 3.63) is 82.2 Å². The van der Waals surface area contributed by atoms with Crippen molar-refractivity contribution in [1.29, 1.82) is 0 Å². The maximum atomic E-state index is 13.3. The molecule has 2 aromatic carbocycles. The Balaban J connectivity index is 1.85. The zero-order valence-electron chi connectivity index (χ0n) is 15.9. The SMILES string of the molecule is CNCc1cn(S(=O)(=O)c2cccnc2)c2cc(Nc3ccc(Br)cc3Cl)ccc12. The summed E-state index contributed by atoms with van der Waals surface area (Å²) in [5, 5.41) is 7.76. The first-order valence-corrected chi connectivity index (χ1v) is 11.7. The van der Waals surface area contributed by atoms with Gasteiger partial charge in [0.05, 0.1) is 16.2 Å². The number of rotatable bonds is 6. The fraction of sp³-hybridized carbons (Fsp3) is 0.0952. The third-order valence-corrected chi connectivity index (χ3v) is 7.09. The van der Waals surface area contributed by atoms with Crippen LogP contribution < -0.4 is 10.6 Å². The molecule has 154 valence electrons. The van der Waals surface area contributed by atoms with E-state index >= 15 is 0 Å². The molecule has 2 aromatic heterocycles. The molecule has 4 aromatic rings. The molecule has 0 atom stereocenters. The number of fused-ring (bicyclic) bond motifs is 1. The van der Waals surface area contributed by atoms with E-state index in [4.69, 9.17) is 11.6 Å². The molecule has 0 aliphatic carbocycles. The Bertz CT molecular complexity index is 1320. The number of benzene rings is 2. The van der Waals surface area contributed by atoms with Gasteiger partial charge in [-0.05, 0) is 55.1 Å². The third-order valence-electron chi connectivity index (χ3n) is 4.62. The van der Waals surface area contributed by atoms with E-state index in [-0.39, 0.29) is 4.90 Å². The summed E-state index contributed by atoms with van der Waals surface area (Å²) in [4.78, 5) is 4.09. The van der Waals surface area contributed by atoms with Crippen molar-refractivity contribution in [1.82, 2.24) is 14.3 Å². The summed E-state index contributed by atoms with van der Waals surface area (Å²) in [5.41, 5.74) is 2.90. The predicted octanol–water partition coefficient (Wildman–Crippen LogP) is 5.15. The molecule has 0 spiro atoms. The van der Waals surface area contributed by atoms with E-state index in [9.17, 15) is 8.42 Å². The topological polar surface area (TPSA) is 76.0 Å². The molecule has 4 rings (SSSR count). The van der Waals surface area contributed by atoms with E-state index in [1.807, 2.05) is 31.3 Å². The number of aromatic nitrogens is 2. The van der Waals surface area contributed by atoms with Gasteiger partial charge in [-0.3, -0.25) is 4.98 Å². The van der Waals surface area contributed by atoms with Crippen molar-refractivity contribution in [2.24, 2.45) is 0 Å². The van der Waals surface area contributed by atoms with Gasteiger partial charge in [0.1, 0.15) is 4.90 Å². The maximum absolute atomic E-state index is 13.3.